The van der Waals surface area contributed by atoms with E-state index < -0.39 is 46.1 Å². The largest absolute Gasteiger partial charge is 0.405 e. The number of carbonyl (C=O) groups is 1. The smallest absolute Gasteiger partial charge is 0.384 e. The van der Waals surface area contributed by atoms with Crippen LogP contribution in [0.2, 0.25) is 5.04 Å². The number of hydrogen-bond acceptors (Lipinski definition) is 5. The number of nitrogens with zero attached hydrogens (tertiary/aromatic N) is 3. The molecule has 16 heteroatoms. The number of benzene rings is 2. The topological polar surface area (TPSA) is 134 Å². The van der Waals surface area contributed by atoms with Crippen LogP contribution in [0.25, 0.3) is 0 Å². The predicted octanol–water partition coefficient (Wildman–Crippen LogP) is 2.55. The van der Waals surface area contributed by atoms with E-state index in [0.717, 1.165) is 10.4 Å². The molecule has 0 aliphatic carbocycles. The van der Waals surface area contributed by atoms with Gasteiger partial charge in [-0.15, -0.1) is 4.40 Å². The first-order valence-electron chi connectivity index (χ1n) is 14.3. The molecule has 1 unspecified atom stereocenters. The fourth-order valence-corrected chi connectivity index (χ4v) is 11.6. The molecular formula is C29H35Cl3N6O5SSi. The highest BCUT2D eigenvalue weighted by Crippen LogP contribution is 2.39. The second-order valence-corrected chi connectivity index (χ2v) is 19.7. The van der Waals surface area contributed by atoms with Gasteiger partial charge in [-0.2, -0.15) is 13.4 Å². The Morgan fingerprint density at radius 2 is 1.64 bits per heavy atom. The molecule has 0 aromatic heterocycles. The Bertz CT molecular complexity index is 1580. The number of aliphatic imine (C=N–C) groups is 1. The first-order valence-corrected chi connectivity index (χ1v) is 18.7. The van der Waals surface area contributed by atoms with E-state index in [2.05, 4.69) is 70.4 Å². The van der Waals surface area contributed by atoms with Gasteiger partial charge in [0.25, 0.3) is 12.1 Å². The maximum absolute atomic E-state index is 12.8. The van der Waals surface area contributed by atoms with Gasteiger partial charge in [0.1, 0.15) is 0 Å². The Labute approximate surface area is 279 Å². The normalized spacial score (nSPS) is 25.0. The molecule has 3 N–H and O–H groups in total. The standard InChI is InChI=1S/C29H35Cl3N6O5SSi/c1-5-42-44(40,41)37-25-34-23-22(33-26(35-24(39)29(30,31)32)38-18-12-17-28(23,38)36-25)19-43-45(27(2,3)4,20-13-8-6-9-14-20)21-15-10-7-11-16-21/h6-17,22-23H,5,18-19H2,1-4H3,(H,33,35,39)(H2,34,36,37)/t22-,23-,28?/m0/s1. The Balaban J connectivity index is 1.61. The van der Waals surface area contributed by atoms with Crippen molar-refractivity contribution in [2.45, 2.75) is 54.3 Å². The Morgan fingerprint density at radius 1 is 1.04 bits per heavy atom. The quantitative estimate of drug-likeness (QED) is 0.215. The van der Waals surface area contributed by atoms with E-state index in [1.54, 1.807) is 11.8 Å². The van der Waals surface area contributed by atoms with Gasteiger partial charge < -0.3 is 25.3 Å². The third kappa shape index (κ3) is 6.49. The lowest BCUT2D eigenvalue weighted by atomic mass is 9.92. The number of nitrogens with one attached hydrogen (secondary N) is 3. The zero-order chi connectivity index (χ0) is 32.7. The zero-order valence-corrected chi connectivity index (χ0v) is 29.2. The number of hydrogen-bond donors (Lipinski definition) is 3. The first kappa shape index (κ1) is 33.7. The minimum Gasteiger partial charge on any atom is -0.405 e. The molecule has 5 rings (SSSR count). The summed E-state index contributed by atoms with van der Waals surface area (Å²) in [7, 11) is -7.25. The molecule has 45 heavy (non-hydrogen) atoms. The molecule has 242 valence electrons. The van der Waals surface area contributed by atoms with Crippen LogP contribution in [0.3, 0.4) is 0 Å². The summed E-state index contributed by atoms with van der Waals surface area (Å²) in [4.78, 5) is 18.7. The fourth-order valence-electron chi connectivity index (χ4n) is 6.22. The van der Waals surface area contributed by atoms with Crippen molar-refractivity contribution in [2.24, 2.45) is 9.39 Å². The summed E-state index contributed by atoms with van der Waals surface area (Å²) in [6.07, 6.45) is 3.73. The molecule has 3 aliphatic heterocycles. The number of guanidine groups is 2. The van der Waals surface area contributed by atoms with Gasteiger partial charge >= 0.3 is 16.2 Å². The third-order valence-corrected chi connectivity index (χ3v) is 14.4. The van der Waals surface area contributed by atoms with Crippen molar-refractivity contribution >= 4 is 81.6 Å². The molecule has 2 aromatic carbocycles. The van der Waals surface area contributed by atoms with Crippen LogP contribution in [-0.4, -0.2) is 80.8 Å². The zero-order valence-electron chi connectivity index (χ0n) is 25.1. The number of alkyl halides is 3. The van der Waals surface area contributed by atoms with E-state index in [1.165, 1.54) is 0 Å². The summed E-state index contributed by atoms with van der Waals surface area (Å²) < 4.78 is 38.6. The van der Waals surface area contributed by atoms with E-state index in [1.807, 2.05) is 48.6 Å². The van der Waals surface area contributed by atoms with Gasteiger partial charge in [0.05, 0.1) is 25.3 Å². The molecular weight excluding hydrogens is 679 g/mol. The Kier molecular flexibility index (Phi) is 9.37. The van der Waals surface area contributed by atoms with E-state index in [4.69, 9.17) is 43.4 Å². The lowest BCUT2D eigenvalue weighted by Crippen LogP contribution is -2.75. The summed E-state index contributed by atoms with van der Waals surface area (Å²) in [5.74, 6) is -0.885. The van der Waals surface area contributed by atoms with E-state index in [0.29, 0.717) is 6.54 Å². The summed E-state index contributed by atoms with van der Waals surface area (Å²) >= 11 is 17.7. The minimum absolute atomic E-state index is 0.0313. The van der Waals surface area contributed by atoms with Crippen LogP contribution in [0.5, 0.6) is 0 Å². The SMILES string of the molecule is CCOS(=O)(=O)/N=C1/N[C@H]2[C@H](CO[Si](c3ccccc3)(c3ccccc3)C(C)(C)C)N/C(=N/C(=O)C(Cl)(Cl)Cl)N3CC=CC23N1. The summed E-state index contributed by atoms with van der Waals surface area (Å²) in [6, 6.07) is 19.2. The van der Waals surface area contributed by atoms with Gasteiger partial charge in [-0.1, -0.05) is 122 Å². The van der Waals surface area contributed by atoms with Crippen LogP contribution < -0.4 is 26.3 Å². The second-order valence-electron chi connectivity index (χ2n) is 11.8. The van der Waals surface area contributed by atoms with E-state index in [9.17, 15) is 13.2 Å². The molecule has 11 nitrogen and oxygen atoms in total. The monoisotopic (exact) mass is 712 g/mol. The molecule has 3 heterocycles. The Morgan fingerprint density at radius 3 is 2.18 bits per heavy atom. The summed E-state index contributed by atoms with van der Waals surface area (Å²) in [5.41, 5.74) is -1.09. The molecule has 0 radical (unpaired) electrons. The fraction of sp³-hybridized carbons (Fsp3) is 0.414. The summed E-state index contributed by atoms with van der Waals surface area (Å²) in [5, 5.41) is 11.6. The Hall–Kier alpha value is -2.65. The highest BCUT2D eigenvalue weighted by Gasteiger charge is 2.59. The maximum atomic E-state index is 12.8. The third-order valence-electron chi connectivity index (χ3n) is 7.98. The molecule has 2 fully saturated rings. The van der Waals surface area contributed by atoms with Crippen LogP contribution in [0.1, 0.15) is 27.7 Å². The van der Waals surface area contributed by atoms with Crippen molar-refractivity contribution in [3.05, 3.63) is 72.8 Å². The van der Waals surface area contributed by atoms with Crippen molar-refractivity contribution in [1.82, 2.24) is 20.9 Å². The van der Waals surface area contributed by atoms with Gasteiger partial charge in [-0.3, -0.25) is 8.98 Å². The number of amides is 1. The molecule has 1 amide bonds. The molecule has 1 spiro atoms. The van der Waals surface area contributed by atoms with Gasteiger partial charge in [-0.05, 0) is 28.4 Å². The van der Waals surface area contributed by atoms with Crippen molar-refractivity contribution in [3.63, 3.8) is 0 Å². The average molecular weight is 714 g/mol. The van der Waals surface area contributed by atoms with Gasteiger partial charge in [-0.25, -0.2) is 0 Å². The lowest BCUT2D eigenvalue weighted by molar-refractivity contribution is -0.117. The predicted molar refractivity (Wildman–Crippen MR) is 180 cm³/mol. The van der Waals surface area contributed by atoms with Crippen LogP contribution in [-0.2, 0) is 23.7 Å². The average Bonchev–Trinajstić information content (AvgIpc) is 3.55. The van der Waals surface area contributed by atoms with Crippen LogP contribution in [0, 0.1) is 0 Å². The highest BCUT2D eigenvalue weighted by molar-refractivity contribution is 7.85. The van der Waals surface area contributed by atoms with Crippen molar-refractivity contribution in [3.8, 4) is 0 Å². The lowest BCUT2D eigenvalue weighted by Gasteiger charge is -2.50. The van der Waals surface area contributed by atoms with Crippen molar-refractivity contribution < 1.29 is 21.8 Å². The molecule has 3 aliphatic rings. The van der Waals surface area contributed by atoms with E-state index >= 15 is 0 Å². The number of carbonyl (C=O) groups excluding carboxylic acids is 1. The van der Waals surface area contributed by atoms with Crippen LogP contribution in [0.15, 0.2) is 82.2 Å². The number of rotatable bonds is 8. The van der Waals surface area contributed by atoms with E-state index in [-0.39, 0.29) is 30.2 Å². The van der Waals surface area contributed by atoms with Crippen molar-refractivity contribution in [2.75, 3.05) is 19.8 Å². The van der Waals surface area contributed by atoms with Gasteiger partial charge in [0, 0.05) is 6.54 Å². The van der Waals surface area contributed by atoms with Gasteiger partial charge in [0.2, 0.25) is 11.9 Å². The summed E-state index contributed by atoms with van der Waals surface area (Å²) in [6.45, 7) is 8.43. The van der Waals surface area contributed by atoms with Crippen molar-refractivity contribution in [1.29, 1.82) is 0 Å². The highest BCUT2D eigenvalue weighted by atomic mass is 35.6. The first-order chi connectivity index (χ1) is 21.1. The van der Waals surface area contributed by atoms with Crippen LogP contribution >= 0.6 is 34.8 Å². The molecule has 3 atom stereocenters. The molecule has 0 saturated carbocycles. The number of halogens is 3. The minimum atomic E-state index is -4.25. The molecule has 2 aromatic rings. The molecule has 2 saturated heterocycles. The second kappa shape index (κ2) is 12.5. The van der Waals surface area contributed by atoms with Gasteiger partial charge in [0.15, 0.2) is 5.66 Å². The maximum Gasteiger partial charge on any atom is 0.384 e. The van der Waals surface area contributed by atoms with Crippen LogP contribution in [0.4, 0.5) is 0 Å². The molecule has 0 bridgehead atoms.